The van der Waals surface area contributed by atoms with Gasteiger partial charge in [0.05, 0.1) is 12.1 Å². The van der Waals surface area contributed by atoms with Crippen molar-refractivity contribution >= 4 is 17.4 Å². The Labute approximate surface area is 116 Å². The van der Waals surface area contributed by atoms with Crippen LogP contribution in [0.25, 0.3) is 0 Å². The van der Waals surface area contributed by atoms with Gasteiger partial charge in [0.1, 0.15) is 11.5 Å². The Kier molecular flexibility index (Phi) is 4.42. The van der Waals surface area contributed by atoms with Crippen molar-refractivity contribution in [3.8, 4) is 11.5 Å². The molecule has 0 fully saturated rings. The third-order valence-electron chi connectivity index (χ3n) is 2.59. The number of ether oxygens (including phenoxy) is 2. The SMILES string of the molecule is COc1cccc(C(=O)COc2ccccc2Cl)c1. The van der Waals surface area contributed by atoms with Crippen molar-refractivity contribution in [2.24, 2.45) is 0 Å². The maximum absolute atomic E-state index is 12.0. The molecule has 0 aliphatic rings. The van der Waals surface area contributed by atoms with E-state index in [-0.39, 0.29) is 12.4 Å². The van der Waals surface area contributed by atoms with E-state index in [2.05, 4.69) is 0 Å². The predicted octanol–water partition coefficient (Wildman–Crippen LogP) is 3.61. The lowest BCUT2D eigenvalue weighted by Crippen LogP contribution is -2.11. The summed E-state index contributed by atoms with van der Waals surface area (Å²) in [6.07, 6.45) is 0. The van der Waals surface area contributed by atoms with Crippen LogP contribution in [0.2, 0.25) is 5.02 Å². The average Bonchev–Trinajstić information content (AvgIpc) is 2.46. The van der Waals surface area contributed by atoms with Gasteiger partial charge in [-0.2, -0.15) is 0 Å². The van der Waals surface area contributed by atoms with E-state index in [1.54, 1.807) is 55.6 Å². The number of hydrogen-bond donors (Lipinski definition) is 0. The number of hydrogen-bond acceptors (Lipinski definition) is 3. The highest BCUT2D eigenvalue weighted by Crippen LogP contribution is 2.23. The molecule has 0 atom stereocenters. The van der Waals surface area contributed by atoms with Crippen molar-refractivity contribution < 1.29 is 14.3 Å². The highest BCUT2D eigenvalue weighted by Gasteiger charge is 2.09. The Morgan fingerprint density at radius 2 is 1.95 bits per heavy atom. The Balaban J connectivity index is 2.03. The van der Waals surface area contributed by atoms with Crippen LogP contribution in [0.1, 0.15) is 10.4 Å². The summed E-state index contributed by atoms with van der Waals surface area (Å²) < 4.78 is 10.5. The molecule has 4 heteroatoms. The molecule has 0 saturated heterocycles. The summed E-state index contributed by atoms with van der Waals surface area (Å²) in [4.78, 5) is 12.0. The number of methoxy groups -OCH3 is 1. The lowest BCUT2D eigenvalue weighted by Gasteiger charge is -2.07. The quantitative estimate of drug-likeness (QED) is 0.783. The van der Waals surface area contributed by atoms with Crippen molar-refractivity contribution in [1.82, 2.24) is 0 Å². The summed E-state index contributed by atoms with van der Waals surface area (Å²) in [6.45, 7) is -0.0586. The summed E-state index contributed by atoms with van der Waals surface area (Å²) in [7, 11) is 1.56. The van der Waals surface area contributed by atoms with Gasteiger partial charge >= 0.3 is 0 Å². The maximum atomic E-state index is 12.0. The Hall–Kier alpha value is -2.00. The molecule has 2 rings (SSSR count). The molecule has 0 spiro atoms. The first-order valence-corrected chi connectivity index (χ1v) is 6.13. The van der Waals surface area contributed by atoms with Crippen LogP contribution in [0.3, 0.4) is 0 Å². The number of Topliss-reactive ketones (excluding diaryl/α,β-unsaturated/α-hetero) is 1. The van der Waals surface area contributed by atoms with E-state index in [4.69, 9.17) is 21.1 Å². The number of ketones is 1. The molecule has 0 radical (unpaired) electrons. The van der Waals surface area contributed by atoms with Gasteiger partial charge in [0.15, 0.2) is 12.4 Å². The number of carbonyl (C=O) groups excluding carboxylic acids is 1. The molecule has 0 saturated carbocycles. The third-order valence-corrected chi connectivity index (χ3v) is 2.90. The number of para-hydroxylation sites is 1. The zero-order valence-electron chi connectivity index (χ0n) is 10.4. The minimum absolute atomic E-state index is 0.0586. The zero-order valence-corrected chi connectivity index (χ0v) is 11.2. The second-order valence-corrected chi connectivity index (χ2v) is 4.28. The van der Waals surface area contributed by atoms with E-state index in [1.807, 2.05) is 0 Å². The molecule has 0 aliphatic carbocycles. The van der Waals surface area contributed by atoms with Gasteiger partial charge in [-0.1, -0.05) is 35.9 Å². The minimum atomic E-state index is -0.126. The van der Waals surface area contributed by atoms with Crippen molar-refractivity contribution in [3.63, 3.8) is 0 Å². The van der Waals surface area contributed by atoms with Gasteiger partial charge < -0.3 is 9.47 Å². The molecule has 0 bridgehead atoms. The van der Waals surface area contributed by atoms with E-state index in [0.717, 1.165) is 0 Å². The molecule has 2 aromatic carbocycles. The van der Waals surface area contributed by atoms with Gasteiger partial charge in [0, 0.05) is 5.56 Å². The lowest BCUT2D eigenvalue weighted by molar-refractivity contribution is 0.0921. The van der Waals surface area contributed by atoms with Gasteiger partial charge in [0.2, 0.25) is 0 Å². The first-order valence-electron chi connectivity index (χ1n) is 5.75. The van der Waals surface area contributed by atoms with Gasteiger partial charge in [-0.15, -0.1) is 0 Å². The van der Waals surface area contributed by atoms with Gasteiger partial charge in [-0.05, 0) is 24.3 Å². The molecule has 0 unspecified atom stereocenters. The van der Waals surface area contributed by atoms with E-state index in [1.165, 1.54) is 0 Å². The molecular weight excluding hydrogens is 264 g/mol. The molecule has 0 amide bonds. The maximum Gasteiger partial charge on any atom is 0.200 e. The van der Waals surface area contributed by atoms with E-state index < -0.39 is 0 Å². The third kappa shape index (κ3) is 3.48. The normalized spacial score (nSPS) is 10.0. The molecular formula is C15H13ClO3. The second-order valence-electron chi connectivity index (χ2n) is 3.87. The van der Waals surface area contributed by atoms with Crippen molar-refractivity contribution in [1.29, 1.82) is 0 Å². The van der Waals surface area contributed by atoms with Gasteiger partial charge in [-0.25, -0.2) is 0 Å². The van der Waals surface area contributed by atoms with Gasteiger partial charge in [0.25, 0.3) is 0 Å². The topological polar surface area (TPSA) is 35.5 Å². The highest BCUT2D eigenvalue weighted by molar-refractivity contribution is 6.32. The fraction of sp³-hybridized carbons (Fsp3) is 0.133. The van der Waals surface area contributed by atoms with Crippen LogP contribution in [-0.4, -0.2) is 19.5 Å². The van der Waals surface area contributed by atoms with Crippen LogP contribution >= 0.6 is 11.6 Å². The highest BCUT2D eigenvalue weighted by atomic mass is 35.5. The molecule has 3 nitrogen and oxygen atoms in total. The van der Waals surface area contributed by atoms with Crippen LogP contribution in [-0.2, 0) is 0 Å². The van der Waals surface area contributed by atoms with Crippen LogP contribution < -0.4 is 9.47 Å². The number of rotatable bonds is 5. The van der Waals surface area contributed by atoms with Crippen molar-refractivity contribution in [2.45, 2.75) is 0 Å². The largest absolute Gasteiger partial charge is 0.497 e. The Bertz CT molecular complexity index is 581. The van der Waals surface area contributed by atoms with E-state index >= 15 is 0 Å². The molecule has 2 aromatic rings. The molecule has 19 heavy (non-hydrogen) atoms. The van der Waals surface area contributed by atoms with E-state index in [0.29, 0.717) is 22.1 Å². The fourth-order valence-corrected chi connectivity index (χ4v) is 1.78. The molecule has 98 valence electrons. The zero-order chi connectivity index (χ0) is 13.7. The predicted molar refractivity (Wildman–Crippen MR) is 74.3 cm³/mol. The number of halogens is 1. The average molecular weight is 277 g/mol. The summed E-state index contributed by atoms with van der Waals surface area (Å²) in [5, 5.41) is 0.487. The minimum Gasteiger partial charge on any atom is -0.497 e. The summed E-state index contributed by atoms with van der Waals surface area (Å²) in [5.41, 5.74) is 0.548. The van der Waals surface area contributed by atoms with Crippen LogP contribution in [0, 0.1) is 0 Å². The van der Waals surface area contributed by atoms with Crippen molar-refractivity contribution in [2.75, 3.05) is 13.7 Å². The summed E-state index contributed by atoms with van der Waals surface area (Å²) >= 11 is 5.95. The summed E-state index contributed by atoms with van der Waals surface area (Å²) in [5.74, 6) is 1.02. The first-order chi connectivity index (χ1) is 9.20. The van der Waals surface area contributed by atoms with Crippen LogP contribution in [0.4, 0.5) is 0 Å². The van der Waals surface area contributed by atoms with Crippen LogP contribution in [0.5, 0.6) is 11.5 Å². The molecule has 0 aliphatic heterocycles. The molecule has 0 heterocycles. The Morgan fingerprint density at radius 3 is 2.68 bits per heavy atom. The van der Waals surface area contributed by atoms with Crippen LogP contribution in [0.15, 0.2) is 48.5 Å². The Morgan fingerprint density at radius 1 is 1.16 bits per heavy atom. The molecule has 0 N–H and O–H groups in total. The number of benzene rings is 2. The van der Waals surface area contributed by atoms with Crippen molar-refractivity contribution in [3.05, 3.63) is 59.1 Å². The number of carbonyl (C=O) groups is 1. The first kappa shape index (κ1) is 13.4. The summed E-state index contributed by atoms with van der Waals surface area (Å²) in [6, 6.07) is 14.0. The van der Waals surface area contributed by atoms with Gasteiger partial charge in [-0.3, -0.25) is 4.79 Å². The standard InChI is InChI=1S/C15H13ClO3/c1-18-12-6-4-5-11(9-12)14(17)10-19-15-8-3-2-7-13(15)16/h2-9H,10H2,1H3. The lowest BCUT2D eigenvalue weighted by atomic mass is 10.1. The van der Waals surface area contributed by atoms with E-state index in [9.17, 15) is 4.79 Å². The molecule has 0 aromatic heterocycles. The fourth-order valence-electron chi connectivity index (χ4n) is 1.58. The smallest absolute Gasteiger partial charge is 0.200 e. The monoisotopic (exact) mass is 276 g/mol. The second kappa shape index (κ2) is 6.25.